The van der Waals surface area contributed by atoms with Gasteiger partial charge in [0.2, 0.25) is 0 Å². The third kappa shape index (κ3) is 1.71. The summed E-state index contributed by atoms with van der Waals surface area (Å²) >= 11 is 0. The minimum Gasteiger partial charge on any atom is -0.464 e. The molecule has 1 aliphatic rings. The first kappa shape index (κ1) is 12.6. The Bertz CT molecular complexity index is 846. The van der Waals surface area contributed by atoms with Crippen LogP contribution in [-0.4, -0.2) is 11.8 Å². The van der Waals surface area contributed by atoms with Crippen molar-refractivity contribution >= 4 is 17.5 Å². The van der Waals surface area contributed by atoms with Crippen LogP contribution in [0, 0.1) is 0 Å². The number of imide groups is 1. The van der Waals surface area contributed by atoms with Crippen LogP contribution < -0.4 is 4.90 Å². The van der Waals surface area contributed by atoms with Crippen molar-refractivity contribution in [2.45, 2.75) is 0 Å². The van der Waals surface area contributed by atoms with Crippen LogP contribution >= 0.6 is 0 Å². The first-order chi connectivity index (χ1) is 10.8. The van der Waals surface area contributed by atoms with Gasteiger partial charge in [0, 0.05) is 5.56 Å². The van der Waals surface area contributed by atoms with E-state index in [2.05, 4.69) is 0 Å². The van der Waals surface area contributed by atoms with Gasteiger partial charge in [-0.05, 0) is 36.4 Å². The van der Waals surface area contributed by atoms with E-state index in [1.807, 2.05) is 12.1 Å². The van der Waals surface area contributed by atoms with Gasteiger partial charge in [-0.1, -0.05) is 24.3 Å². The van der Waals surface area contributed by atoms with Crippen LogP contribution in [0.2, 0.25) is 0 Å². The highest BCUT2D eigenvalue weighted by molar-refractivity contribution is 6.35. The number of amides is 2. The van der Waals surface area contributed by atoms with E-state index in [1.165, 1.54) is 4.90 Å². The lowest BCUT2D eigenvalue weighted by atomic mass is 10.1. The summed E-state index contributed by atoms with van der Waals surface area (Å²) in [6, 6.07) is 17.7. The zero-order valence-electron chi connectivity index (χ0n) is 11.5. The van der Waals surface area contributed by atoms with E-state index in [0.717, 1.165) is 0 Å². The van der Waals surface area contributed by atoms with E-state index in [4.69, 9.17) is 4.42 Å². The topological polar surface area (TPSA) is 50.5 Å². The van der Waals surface area contributed by atoms with Gasteiger partial charge in [0.25, 0.3) is 11.8 Å². The predicted molar refractivity (Wildman–Crippen MR) is 81.7 cm³/mol. The molecule has 0 unspecified atom stereocenters. The van der Waals surface area contributed by atoms with Gasteiger partial charge in [-0.25, -0.2) is 4.90 Å². The third-order valence-electron chi connectivity index (χ3n) is 3.73. The first-order valence-electron chi connectivity index (χ1n) is 6.88. The Morgan fingerprint density at radius 2 is 1.27 bits per heavy atom. The lowest BCUT2D eigenvalue weighted by Crippen LogP contribution is -2.29. The average molecular weight is 289 g/mol. The van der Waals surface area contributed by atoms with Crippen molar-refractivity contribution in [1.82, 2.24) is 0 Å². The van der Waals surface area contributed by atoms with Crippen LogP contribution in [0.5, 0.6) is 0 Å². The Morgan fingerprint density at radius 1 is 0.682 bits per heavy atom. The number of carbonyl (C=O) groups is 2. The molecule has 4 rings (SSSR count). The second-order valence-electron chi connectivity index (χ2n) is 4.99. The largest absolute Gasteiger partial charge is 0.464 e. The number of nitrogens with zero attached hydrogens (tertiary/aromatic N) is 1. The van der Waals surface area contributed by atoms with Crippen molar-refractivity contribution in [1.29, 1.82) is 0 Å². The van der Waals surface area contributed by atoms with Gasteiger partial charge in [-0.2, -0.15) is 0 Å². The van der Waals surface area contributed by atoms with E-state index in [9.17, 15) is 9.59 Å². The Kier molecular flexibility index (Phi) is 2.69. The van der Waals surface area contributed by atoms with Crippen LogP contribution in [0.15, 0.2) is 71.3 Å². The normalized spacial score (nSPS) is 13.5. The summed E-state index contributed by atoms with van der Waals surface area (Å²) in [7, 11) is 0. The number of anilines is 1. The number of rotatable bonds is 2. The van der Waals surface area contributed by atoms with Gasteiger partial charge < -0.3 is 4.42 Å². The fraction of sp³-hybridized carbons (Fsp3) is 0. The maximum absolute atomic E-state index is 12.6. The average Bonchev–Trinajstić information content (AvgIpc) is 3.16. The standard InChI is InChI=1S/C18H11NO3/c20-17-12-6-1-2-7-13(12)18(21)19(17)15-9-4-3-8-14(15)16-10-5-11-22-16/h1-11H. The molecular formula is C18H11NO3. The quantitative estimate of drug-likeness (QED) is 0.675. The zero-order valence-corrected chi connectivity index (χ0v) is 11.5. The smallest absolute Gasteiger partial charge is 0.266 e. The van der Waals surface area contributed by atoms with Crippen LogP contribution in [-0.2, 0) is 0 Å². The van der Waals surface area contributed by atoms with E-state index < -0.39 is 0 Å². The minimum absolute atomic E-state index is 0.306. The molecule has 0 saturated carbocycles. The molecule has 2 amide bonds. The molecule has 0 bridgehead atoms. The van der Waals surface area contributed by atoms with Gasteiger partial charge in [0.15, 0.2) is 0 Å². The van der Waals surface area contributed by atoms with Gasteiger partial charge in [-0.3, -0.25) is 9.59 Å². The molecule has 2 aromatic carbocycles. The summed E-state index contributed by atoms with van der Waals surface area (Å²) in [4.78, 5) is 26.4. The molecule has 106 valence electrons. The minimum atomic E-state index is -0.306. The van der Waals surface area contributed by atoms with Crippen LogP contribution in [0.1, 0.15) is 20.7 Å². The molecule has 1 aromatic heterocycles. The predicted octanol–water partition coefficient (Wildman–Crippen LogP) is 3.75. The van der Waals surface area contributed by atoms with Crippen molar-refractivity contribution in [2.75, 3.05) is 4.90 Å². The van der Waals surface area contributed by atoms with E-state index >= 15 is 0 Å². The third-order valence-corrected chi connectivity index (χ3v) is 3.73. The van der Waals surface area contributed by atoms with E-state index in [-0.39, 0.29) is 11.8 Å². The van der Waals surface area contributed by atoms with Gasteiger partial charge in [0.1, 0.15) is 5.76 Å². The lowest BCUT2D eigenvalue weighted by molar-refractivity contribution is 0.0926. The second kappa shape index (κ2) is 4.70. The number of benzene rings is 2. The molecule has 0 fully saturated rings. The highest BCUT2D eigenvalue weighted by Gasteiger charge is 2.37. The molecule has 0 atom stereocenters. The Hall–Kier alpha value is -3.14. The molecule has 0 N–H and O–H groups in total. The van der Waals surface area contributed by atoms with E-state index in [1.54, 1.807) is 54.8 Å². The van der Waals surface area contributed by atoms with Crippen molar-refractivity contribution in [3.63, 3.8) is 0 Å². The SMILES string of the molecule is O=C1c2ccccc2C(=O)N1c1ccccc1-c1ccco1. The van der Waals surface area contributed by atoms with Crippen LogP contribution in [0.4, 0.5) is 5.69 Å². The summed E-state index contributed by atoms with van der Waals surface area (Å²) in [6.45, 7) is 0. The highest BCUT2D eigenvalue weighted by Crippen LogP contribution is 2.35. The lowest BCUT2D eigenvalue weighted by Gasteiger charge is -2.17. The fourth-order valence-electron chi connectivity index (χ4n) is 2.72. The monoisotopic (exact) mass is 289 g/mol. The molecule has 0 radical (unpaired) electrons. The van der Waals surface area contributed by atoms with Gasteiger partial charge in [0.05, 0.1) is 23.1 Å². The Balaban J connectivity index is 1.89. The van der Waals surface area contributed by atoms with Crippen LogP contribution in [0.25, 0.3) is 11.3 Å². The summed E-state index contributed by atoms with van der Waals surface area (Å²) in [5.74, 6) is 0.00590. The number of carbonyl (C=O) groups excluding carboxylic acids is 2. The molecule has 0 spiro atoms. The molecule has 0 aliphatic carbocycles. The number of hydrogen-bond donors (Lipinski definition) is 0. The number of furan rings is 1. The van der Waals surface area contributed by atoms with Crippen molar-refractivity contribution < 1.29 is 14.0 Å². The Morgan fingerprint density at radius 3 is 1.86 bits per heavy atom. The zero-order chi connectivity index (χ0) is 15.1. The molecule has 1 aliphatic heterocycles. The summed E-state index contributed by atoms with van der Waals surface area (Å²) in [5.41, 5.74) is 2.11. The molecule has 2 heterocycles. The molecule has 3 aromatic rings. The molecule has 22 heavy (non-hydrogen) atoms. The van der Waals surface area contributed by atoms with Crippen molar-refractivity contribution in [2.24, 2.45) is 0 Å². The number of hydrogen-bond acceptors (Lipinski definition) is 3. The first-order valence-corrected chi connectivity index (χ1v) is 6.88. The summed E-state index contributed by atoms with van der Waals surface area (Å²) < 4.78 is 5.42. The van der Waals surface area contributed by atoms with Gasteiger partial charge >= 0.3 is 0 Å². The van der Waals surface area contributed by atoms with Gasteiger partial charge in [-0.15, -0.1) is 0 Å². The molecule has 0 saturated heterocycles. The maximum Gasteiger partial charge on any atom is 0.266 e. The Labute approximate surface area is 126 Å². The number of fused-ring (bicyclic) bond motifs is 1. The second-order valence-corrected chi connectivity index (χ2v) is 4.99. The van der Waals surface area contributed by atoms with Crippen molar-refractivity contribution in [3.05, 3.63) is 78.1 Å². The maximum atomic E-state index is 12.6. The molecular weight excluding hydrogens is 278 g/mol. The molecule has 4 nitrogen and oxygen atoms in total. The van der Waals surface area contributed by atoms with Crippen molar-refractivity contribution in [3.8, 4) is 11.3 Å². The molecule has 4 heteroatoms. The highest BCUT2D eigenvalue weighted by atomic mass is 16.3. The summed E-state index contributed by atoms with van der Waals surface area (Å²) in [5, 5.41) is 0. The fourth-order valence-corrected chi connectivity index (χ4v) is 2.72. The van der Waals surface area contributed by atoms with Crippen LogP contribution in [0.3, 0.4) is 0 Å². The van der Waals surface area contributed by atoms with E-state index in [0.29, 0.717) is 28.1 Å². The number of para-hydroxylation sites is 1. The summed E-state index contributed by atoms with van der Waals surface area (Å²) in [6.07, 6.45) is 1.56.